The summed E-state index contributed by atoms with van der Waals surface area (Å²) in [5.41, 5.74) is 5.25. The van der Waals surface area contributed by atoms with Crippen molar-refractivity contribution in [1.82, 2.24) is 5.43 Å². The van der Waals surface area contributed by atoms with Gasteiger partial charge in [-0.25, -0.2) is 5.01 Å². The molecule has 1 heterocycles. The Balaban J connectivity index is 1.28. The van der Waals surface area contributed by atoms with Crippen molar-refractivity contribution in [1.29, 1.82) is 0 Å². The van der Waals surface area contributed by atoms with Crippen molar-refractivity contribution >= 4 is 23.6 Å². The quantitative estimate of drug-likeness (QED) is 0.330. The van der Waals surface area contributed by atoms with Crippen molar-refractivity contribution in [3.63, 3.8) is 0 Å². The van der Waals surface area contributed by atoms with E-state index in [2.05, 4.69) is 5.43 Å². The number of hydrazine groups is 1. The van der Waals surface area contributed by atoms with Gasteiger partial charge in [-0.1, -0.05) is 48.0 Å². The molecular formula is C26H24N2O4. The van der Waals surface area contributed by atoms with Gasteiger partial charge in [0.2, 0.25) is 0 Å². The summed E-state index contributed by atoms with van der Waals surface area (Å²) >= 11 is 0. The lowest BCUT2D eigenvalue weighted by Crippen LogP contribution is -2.35. The van der Waals surface area contributed by atoms with Gasteiger partial charge in [-0.05, 0) is 55.0 Å². The first-order chi connectivity index (χ1) is 15.6. The summed E-state index contributed by atoms with van der Waals surface area (Å²) in [4.78, 5) is 24.9. The second-order valence-electron chi connectivity index (χ2n) is 7.41. The predicted molar refractivity (Wildman–Crippen MR) is 123 cm³/mol. The summed E-state index contributed by atoms with van der Waals surface area (Å²) < 4.78 is 11.4. The van der Waals surface area contributed by atoms with Gasteiger partial charge in [-0.2, -0.15) is 0 Å². The fraction of sp³-hybridized carbons (Fsp3) is 0.154. The van der Waals surface area contributed by atoms with Gasteiger partial charge in [-0.3, -0.25) is 15.0 Å². The van der Waals surface area contributed by atoms with Crippen molar-refractivity contribution < 1.29 is 19.1 Å². The molecule has 4 rings (SSSR count). The van der Waals surface area contributed by atoms with E-state index in [0.29, 0.717) is 18.9 Å². The molecule has 0 unspecified atom stereocenters. The minimum absolute atomic E-state index is 0.0933. The SMILES string of the molecule is Cc1ccc(OCCCOc2ccc(C=C3C(=O)NN(c4ccccc4)C3=O)cc2)cc1. The molecule has 162 valence electrons. The predicted octanol–water partition coefficient (Wildman–Crippen LogP) is 4.30. The molecule has 0 atom stereocenters. The molecule has 0 saturated carbocycles. The van der Waals surface area contributed by atoms with Crippen molar-refractivity contribution in [3.05, 3.63) is 95.6 Å². The maximum atomic E-state index is 12.6. The molecule has 3 aromatic carbocycles. The van der Waals surface area contributed by atoms with E-state index in [1.165, 1.54) is 10.6 Å². The van der Waals surface area contributed by atoms with E-state index < -0.39 is 5.91 Å². The van der Waals surface area contributed by atoms with Gasteiger partial charge in [0.15, 0.2) is 0 Å². The largest absolute Gasteiger partial charge is 0.493 e. The number of carbonyl (C=O) groups is 2. The molecule has 1 N–H and O–H groups in total. The minimum atomic E-state index is -0.423. The van der Waals surface area contributed by atoms with Crippen LogP contribution in [0.15, 0.2) is 84.4 Å². The number of para-hydroxylation sites is 1. The summed E-state index contributed by atoms with van der Waals surface area (Å²) in [7, 11) is 0. The van der Waals surface area contributed by atoms with Crippen LogP contribution in [-0.4, -0.2) is 25.0 Å². The maximum Gasteiger partial charge on any atom is 0.282 e. The van der Waals surface area contributed by atoms with Crippen LogP contribution in [0.4, 0.5) is 5.69 Å². The molecule has 6 heteroatoms. The van der Waals surface area contributed by atoms with Crippen molar-refractivity contribution in [3.8, 4) is 11.5 Å². The molecule has 1 aliphatic rings. The second-order valence-corrected chi connectivity index (χ2v) is 7.41. The van der Waals surface area contributed by atoms with Crippen molar-refractivity contribution in [2.24, 2.45) is 0 Å². The summed E-state index contributed by atoms with van der Waals surface area (Å²) in [5.74, 6) is 0.766. The monoisotopic (exact) mass is 428 g/mol. The molecule has 32 heavy (non-hydrogen) atoms. The molecule has 0 bridgehead atoms. The molecule has 0 aromatic heterocycles. The average Bonchev–Trinajstić information content (AvgIpc) is 3.10. The third kappa shape index (κ3) is 5.16. The average molecular weight is 428 g/mol. The topological polar surface area (TPSA) is 67.9 Å². The summed E-state index contributed by atoms with van der Waals surface area (Å²) in [6.07, 6.45) is 2.34. The molecule has 0 radical (unpaired) electrons. The van der Waals surface area contributed by atoms with Crippen LogP contribution < -0.4 is 19.9 Å². The lowest BCUT2D eigenvalue weighted by atomic mass is 10.1. The van der Waals surface area contributed by atoms with Gasteiger partial charge >= 0.3 is 0 Å². The normalized spacial score (nSPS) is 14.5. The van der Waals surface area contributed by atoms with Crippen molar-refractivity contribution in [2.75, 3.05) is 18.2 Å². The van der Waals surface area contributed by atoms with E-state index in [0.717, 1.165) is 23.5 Å². The van der Waals surface area contributed by atoms with Crippen LogP contribution >= 0.6 is 0 Å². The Morgan fingerprint density at radius 3 is 2.03 bits per heavy atom. The van der Waals surface area contributed by atoms with Crippen LogP contribution in [-0.2, 0) is 9.59 Å². The molecular weight excluding hydrogens is 404 g/mol. The molecule has 1 aliphatic heterocycles. The highest BCUT2D eigenvalue weighted by molar-refractivity contribution is 6.31. The van der Waals surface area contributed by atoms with E-state index in [9.17, 15) is 9.59 Å². The fourth-order valence-corrected chi connectivity index (χ4v) is 3.22. The Bertz CT molecular complexity index is 1110. The Morgan fingerprint density at radius 1 is 0.812 bits per heavy atom. The summed E-state index contributed by atoms with van der Waals surface area (Å²) in [6, 6.07) is 24.2. The van der Waals surface area contributed by atoms with Gasteiger partial charge in [0.05, 0.1) is 18.9 Å². The van der Waals surface area contributed by atoms with Crippen LogP contribution in [0.25, 0.3) is 6.08 Å². The van der Waals surface area contributed by atoms with E-state index in [4.69, 9.17) is 9.47 Å². The highest BCUT2D eigenvalue weighted by Crippen LogP contribution is 2.22. The minimum Gasteiger partial charge on any atom is -0.493 e. The number of anilines is 1. The van der Waals surface area contributed by atoms with E-state index in [-0.39, 0.29) is 11.5 Å². The Hall–Kier alpha value is -4.06. The number of nitrogens with zero attached hydrogens (tertiary/aromatic N) is 1. The lowest BCUT2D eigenvalue weighted by Gasteiger charge is -2.13. The number of hydrogen-bond donors (Lipinski definition) is 1. The third-order valence-corrected chi connectivity index (χ3v) is 4.94. The lowest BCUT2D eigenvalue weighted by molar-refractivity contribution is -0.117. The fourth-order valence-electron chi connectivity index (χ4n) is 3.22. The first-order valence-electron chi connectivity index (χ1n) is 10.4. The number of ether oxygens (including phenoxy) is 2. The highest BCUT2D eigenvalue weighted by atomic mass is 16.5. The number of carbonyl (C=O) groups excluding carboxylic acids is 2. The summed E-state index contributed by atoms with van der Waals surface area (Å²) in [6.45, 7) is 3.14. The van der Waals surface area contributed by atoms with Gasteiger partial charge in [-0.15, -0.1) is 0 Å². The van der Waals surface area contributed by atoms with E-state index in [1.807, 2.05) is 73.7 Å². The molecule has 0 aliphatic carbocycles. The zero-order valence-electron chi connectivity index (χ0n) is 17.8. The van der Waals surface area contributed by atoms with E-state index >= 15 is 0 Å². The number of nitrogens with one attached hydrogen (secondary N) is 1. The third-order valence-electron chi connectivity index (χ3n) is 4.94. The smallest absolute Gasteiger partial charge is 0.282 e. The van der Waals surface area contributed by atoms with Crippen LogP contribution in [0.5, 0.6) is 11.5 Å². The van der Waals surface area contributed by atoms with Gasteiger partial charge in [0.25, 0.3) is 11.8 Å². The Morgan fingerprint density at radius 2 is 1.41 bits per heavy atom. The van der Waals surface area contributed by atoms with Crippen LogP contribution in [0.2, 0.25) is 0 Å². The van der Waals surface area contributed by atoms with Gasteiger partial charge < -0.3 is 9.47 Å². The number of hydrogen-bond acceptors (Lipinski definition) is 4. The first-order valence-corrected chi connectivity index (χ1v) is 10.4. The zero-order chi connectivity index (χ0) is 22.3. The molecule has 1 saturated heterocycles. The maximum absolute atomic E-state index is 12.6. The highest BCUT2D eigenvalue weighted by Gasteiger charge is 2.34. The molecule has 2 amide bonds. The molecule has 0 spiro atoms. The zero-order valence-corrected chi connectivity index (χ0v) is 17.8. The number of aryl methyl sites for hydroxylation is 1. The number of benzene rings is 3. The molecule has 3 aromatic rings. The number of rotatable bonds is 8. The summed E-state index contributed by atoms with van der Waals surface area (Å²) in [5, 5.41) is 1.25. The van der Waals surface area contributed by atoms with Crippen LogP contribution in [0, 0.1) is 6.92 Å². The standard InChI is InChI=1S/C26H24N2O4/c1-19-8-12-22(13-9-19)31-16-5-17-32-23-14-10-20(11-15-23)18-24-25(29)27-28(26(24)30)21-6-3-2-4-7-21/h2-4,6-15,18H,5,16-17H2,1H3,(H,27,29). The molecule has 1 fully saturated rings. The van der Waals surface area contributed by atoms with Crippen LogP contribution in [0.3, 0.4) is 0 Å². The van der Waals surface area contributed by atoms with Crippen LogP contribution in [0.1, 0.15) is 17.5 Å². The Kier molecular flexibility index (Phi) is 6.51. The van der Waals surface area contributed by atoms with Crippen molar-refractivity contribution in [2.45, 2.75) is 13.3 Å². The Labute approximate surface area is 187 Å². The van der Waals surface area contributed by atoms with Gasteiger partial charge in [0.1, 0.15) is 17.1 Å². The second kappa shape index (κ2) is 9.83. The number of amides is 2. The molecule has 6 nitrogen and oxygen atoms in total. The van der Waals surface area contributed by atoms with E-state index in [1.54, 1.807) is 18.2 Å². The first kappa shape index (κ1) is 21.2. The van der Waals surface area contributed by atoms with Gasteiger partial charge in [0, 0.05) is 6.42 Å².